The van der Waals surface area contributed by atoms with Crippen molar-refractivity contribution in [2.75, 3.05) is 13.2 Å². The Morgan fingerprint density at radius 1 is 1.25 bits per heavy atom. The van der Waals surface area contributed by atoms with E-state index in [9.17, 15) is 31.9 Å². The average Bonchev–Trinajstić information content (AvgIpc) is 2.81. The molecule has 10 nitrogen and oxygen atoms in total. The van der Waals surface area contributed by atoms with Crippen LogP contribution in [0.25, 0.3) is 5.82 Å². The van der Waals surface area contributed by atoms with Gasteiger partial charge in [0.1, 0.15) is 17.3 Å². The molecule has 0 fully saturated rings. The summed E-state index contributed by atoms with van der Waals surface area (Å²) in [5, 5.41) is -0.423. The van der Waals surface area contributed by atoms with E-state index in [-0.39, 0.29) is 33.4 Å². The van der Waals surface area contributed by atoms with Crippen LogP contribution in [0.15, 0.2) is 52.7 Å². The maximum absolute atomic E-state index is 14.6. The van der Waals surface area contributed by atoms with Gasteiger partial charge >= 0.3 is 17.8 Å². The second kappa shape index (κ2) is 10.6. The lowest BCUT2D eigenvalue weighted by Gasteiger charge is -2.15. The van der Waals surface area contributed by atoms with Crippen LogP contribution < -0.4 is 20.7 Å². The molecule has 0 spiro atoms. The molecule has 0 saturated carbocycles. The summed E-state index contributed by atoms with van der Waals surface area (Å²) >= 11 is 5.98. The van der Waals surface area contributed by atoms with E-state index in [1.807, 2.05) is 0 Å². The quantitative estimate of drug-likeness (QED) is 0.248. The SMILES string of the molecule is C=CCOC(=O)COc1ncccc1Oc1nc(-n2c(=O)cc(C(F)(F)F)n(C)c2=O)c(F)cc1Cl. The van der Waals surface area contributed by atoms with Crippen molar-refractivity contribution in [1.82, 2.24) is 19.1 Å². The molecule has 190 valence electrons. The molecule has 0 unspecified atom stereocenters. The molecule has 0 aliphatic rings. The topological polar surface area (TPSA) is 115 Å². The molecule has 3 rings (SSSR count). The zero-order valence-corrected chi connectivity index (χ0v) is 19.0. The molecule has 36 heavy (non-hydrogen) atoms. The van der Waals surface area contributed by atoms with Gasteiger partial charge in [-0.05, 0) is 12.1 Å². The number of hydrogen-bond donors (Lipinski definition) is 0. The third-order valence-electron chi connectivity index (χ3n) is 4.33. The smallest absolute Gasteiger partial charge is 0.431 e. The fourth-order valence-electron chi connectivity index (χ4n) is 2.75. The van der Waals surface area contributed by atoms with Crippen molar-refractivity contribution in [3.63, 3.8) is 0 Å². The molecular weight excluding hydrogens is 516 g/mol. The summed E-state index contributed by atoms with van der Waals surface area (Å²) in [6.07, 6.45) is -2.36. The first-order valence-corrected chi connectivity index (χ1v) is 10.1. The Morgan fingerprint density at radius 3 is 2.64 bits per heavy atom. The lowest BCUT2D eigenvalue weighted by molar-refractivity contribution is -0.145. The normalized spacial score (nSPS) is 11.2. The van der Waals surface area contributed by atoms with Crippen molar-refractivity contribution in [2.45, 2.75) is 6.18 Å². The molecule has 0 radical (unpaired) electrons. The highest BCUT2D eigenvalue weighted by Crippen LogP contribution is 2.34. The highest BCUT2D eigenvalue weighted by atomic mass is 35.5. The minimum atomic E-state index is -5.01. The summed E-state index contributed by atoms with van der Waals surface area (Å²) in [6.45, 7) is 2.79. The molecule has 15 heteroatoms. The van der Waals surface area contributed by atoms with E-state index in [4.69, 9.17) is 25.8 Å². The second-order valence-corrected chi connectivity index (χ2v) is 7.20. The fourth-order valence-corrected chi connectivity index (χ4v) is 2.93. The second-order valence-electron chi connectivity index (χ2n) is 6.79. The van der Waals surface area contributed by atoms with E-state index in [0.717, 1.165) is 7.05 Å². The predicted octanol–water partition coefficient (Wildman–Crippen LogP) is 3.04. The predicted molar refractivity (Wildman–Crippen MR) is 116 cm³/mol. The lowest BCUT2D eigenvalue weighted by atomic mass is 10.3. The van der Waals surface area contributed by atoms with Crippen molar-refractivity contribution < 1.29 is 36.6 Å². The number of rotatable bonds is 8. The monoisotopic (exact) mass is 530 g/mol. The van der Waals surface area contributed by atoms with Gasteiger partial charge < -0.3 is 14.2 Å². The summed E-state index contributed by atoms with van der Waals surface area (Å²) in [7, 11) is 0.756. The number of pyridine rings is 2. The van der Waals surface area contributed by atoms with Gasteiger partial charge in [-0.3, -0.25) is 9.36 Å². The third-order valence-corrected chi connectivity index (χ3v) is 4.60. The first kappa shape index (κ1) is 26.4. The van der Waals surface area contributed by atoms with Crippen LogP contribution in [0.2, 0.25) is 5.02 Å². The van der Waals surface area contributed by atoms with Gasteiger partial charge in [0, 0.05) is 25.4 Å². The van der Waals surface area contributed by atoms with Crippen molar-refractivity contribution in [2.24, 2.45) is 7.05 Å². The molecule has 0 amide bonds. The number of halogens is 5. The Kier molecular flexibility index (Phi) is 7.77. The zero-order valence-electron chi connectivity index (χ0n) is 18.2. The molecule has 3 heterocycles. The largest absolute Gasteiger partial charge is 0.463 e. The van der Waals surface area contributed by atoms with Crippen LogP contribution >= 0.6 is 11.6 Å². The number of aromatic nitrogens is 4. The van der Waals surface area contributed by atoms with Crippen LogP contribution in [-0.4, -0.2) is 38.3 Å². The number of carbonyl (C=O) groups is 1. The maximum atomic E-state index is 14.6. The van der Waals surface area contributed by atoms with E-state index in [2.05, 4.69) is 16.5 Å². The van der Waals surface area contributed by atoms with Crippen LogP contribution in [0.5, 0.6) is 17.5 Å². The van der Waals surface area contributed by atoms with Gasteiger partial charge in [0.25, 0.3) is 11.4 Å². The Bertz CT molecular complexity index is 1440. The van der Waals surface area contributed by atoms with Crippen molar-refractivity contribution in [3.8, 4) is 23.3 Å². The van der Waals surface area contributed by atoms with Gasteiger partial charge in [-0.15, -0.1) is 0 Å². The Hall–Kier alpha value is -4.20. The van der Waals surface area contributed by atoms with Crippen LogP contribution in [0.3, 0.4) is 0 Å². The van der Waals surface area contributed by atoms with E-state index >= 15 is 0 Å². The van der Waals surface area contributed by atoms with Crippen LogP contribution in [0.4, 0.5) is 17.6 Å². The lowest BCUT2D eigenvalue weighted by Crippen LogP contribution is -2.41. The molecule has 0 atom stereocenters. The Morgan fingerprint density at radius 2 is 1.97 bits per heavy atom. The summed E-state index contributed by atoms with van der Waals surface area (Å²) in [5.41, 5.74) is -4.55. The zero-order chi connectivity index (χ0) is 26.6. The summed E-state index contributed by atoms with van der Waals surface area (Å²) in [6, 6.07) is 3.50. The first-order valence-electron chi connectivity index (χ1n) is 9.73. The number of carbonyl (C=O) groups excluding carboxylic acids is 1. The van der Waals surface area contributed by atoms with Crippen LogP contribution in [0, 0.1) is 5.82 Å². The van der Waals surface area contributed by atoms with Crippen LogP contribution in [-0.2, 0) is 22.8 Å². The van der Waals surface area contributed by atoms with E-state index in [1.165, 1.54) is 24.4 Å². The standard InChI is InChI=1S/C21H15ClF4N4O6/c1-3-7-34-16(32)10-35-19-13(5-4-6-27-19)36-18-11(22)8-12(23)17(28-18)30-15(31)9-14(21(24,25)26)29(2)20(30)33/h3-6,8-9H,1,7,10H2,2H3. The highest BCUT2D eigenvalue weighted by molar-refractivity contribution is 6.31. The molecule has 0 bridgehead atoms. The van der Waals surface area contributed by atoms with Gasteiger partial charge in [0.2, 0.25) is 5.88 Å². The van der Waals surface area contributed by atoms with Crippen LogP contribution in [0.1, 0.15) is 5.69 Å². The minimum absolute atomic E-state index is 0.0472. The fraction of sp³-hybridized carbons (Fsp3) is 0.190. The van der Waals surface area contributed by atoms with Gasteiger partial charge in [-0.2, -0.15) is 18.2 Å². The van der Waals surface area contributed by atoms with Gasteiger partial charge in [-0.1, -0.05) is 24.3 Å². The van der Waals surface area contributed by atoms with Crippen molar-refractivity contribution in [1.29, 1.82) is 0 Å². The number of alkyl halides is 3. The molecular formula is C21H15ClF4N4O6. The number of hydrogen-bond acceptors (Lipinski definition) is 8. The summed E-state index contributed by atoms with van der Waals surface area (Å²) < 4.78 is 69.7. The third kappa shape index (κ3) is 5.71. The van der Waals surface area contributed by atoms with Gasteiger partial charge in [0.05, 0.1) is 0 Å². The van der Waals surface area contributed by atoms with Gasteiger partial charge in [-0.25, -0.2) is 23.5 Å². The molecule has 0 N–H and O–H groups in total. The number of esters is 1. The molecule has 0 aliphatic carbocycles. The number of nitrogens with zero attached hydrogens (tertiary/aromatic N) is 4. The molecule has 3 aromatic rings. The number of ether oxygens (including phenoxy) is 3. The van der Waals surface area contributed by atoms with E-state index in [0.29, 0.717) is 6.07 Å². The molecule has 0 saturated heterocycles. The van der Waals surface area contributed by atoms with Crippen molar-refractivity contribution in [3.05, 3.63) is 80.5 Å². The Balaban J connectivity index is 2.01. The van der Waals surface area contributed by atoms with E-state index in [1.54, 1.807) is 0 Å². The first-order chi connectivity index (χ1) is 16.9. The van der Waals surface area contributed by atoms with Crippen molar-refractivity contribution >= 4 is 17.6 Å². The Labute approximate surface area is 203 Å². The average molecular weight is 531 g/mol. The molecule has 0 aliphatic heterocycles. The maximum Gasteiger partial charge on any atom is 0.431 e. The minimum Gasteiger partial charge on any atom is -0.463 e. The molecule has 0 aromatic carbocycles. The highest BCUT2D eigenvalue weighted by Gasteiger charge is 2.35. The van der Waals surface area contributed by atoms with Gasteiger partial charge in [0.15, 0.2) is 24.0 Å². The molecule has 3 aromatic heterocycles. The summed E-state index contributed by atoms with van der Waals surface area (Å²) in [4.78, 5) is 44.1. The summed E-state index contributed by atoms with van der Waals surface area (Å²) in [5.74, 6) is -3.93. The van der Waals surface area contributed by atoms with E-state index < -0.39 is 58.2 Å².